The predicted molar refractivity (Wildman–Crippen MR) is 290 cm³/mol. The Hall–Kier alpha value is -6.58. The van der Waals surface area contributed by atoms with Gasteiger partial charge in [-0.3, -0.25) is 14.4 Å². The first-order valence-electron chi connectivity index (χ1n) is 28.0. The number of carbonyl (C=O) groups excluding carboxylic acids is 4. The molecule has 6 aromatic rings. The van der Waals surface area contributed by atoms with Crippen LogP contribution in [0.2, 0.25) is 0 Å². The number of esters is 1. The van der Waals surface area contributed by atoms with Crippen LogP contribution in [0.4, 0.5) is 4.79 Å². The number of alkyl carbamates (subject to hydrolysis) is 1. The van der Waals surface area contributed by atoms with E-state index in [1.54, 1.807) is 6.92 Å². The molecule has 15 heteroatoms. The van der Waals surface area contributed by atoms with Crippen molar-refractivity contribution in [2.75, 3.05) is 14.2 Å². The number of likely N-dealkylation sites (tertiary alicyclic amines) is 2. The van der Waals surface area contributed by atoms with Crippen molar-refractivity contribution in [2.45, 2.75) is 165 Å². The van der Waals surface area contributed by atoms with E-state index in [-0.39, 0.29) is 42.4 Å². The summed E-state index contributed by atoms with van der Waals surface area (Å²) in [5, 5.41) is 24.1. The molecule has 6 aliphatic carbocycles. The maximum absolute atomic E-state index is 14.4. The largest absolute Gasteiger partial charge is 0.469 e. The van der Waals surface area contributed by atoms with E-state index in [2.05, 4.69) is 88.1 Å². The van der Waals surface area contributed by atoms with Gasteiger partial charge in [0, 0.05) is 12.1 Å². The number of nitrogens with zero attached hydrogens (tertiary/aromatic N) is 4. The summed E-state index contributed by atoms with van der Waals surface area (Å²) in [6, 6.07) is 25.2. The zero-order valence-electron chi connectivity index (χ0n) is 44.4. The number of benzene rings is 4. The first-order chi connectivity index (χ1) is 36.8. The summed E-state index contributed by atoms with van der Waals surface area (Å²) in [4.78, 5) is 74.9. The van der Waals surface area contributed by atoms with Crippen LogP contribution < -0.4 is 5.32 Å². The van der Waals surface area contributed by atoms with E-state index in [4.69, 9.17) is 19.4 Å². The number of fused-ring (bicyclic) bond motifs is 4. The Morgan fingerprint density at radius 2 is 1.12 bits per heavy atom. The molecule has 3 amide bonds. The van der Waals surface area contributed by atoms with Gasteiger partial charge in [-0.2, -0.15) is 0 Å². The molecule has 2 saturated carbocycles. The highest BCUT2D eigenvalue weighted by atomic mass is 16.5. The normalized spacial score (nSPS) is 24.1. The lowest BCUT2D eigenvalue weighted by Gasteiger charge is -2.36. The van der Waals surface area contributed by atoms with E-state index in [1.165, 1.54) is 54.5 Å². The molecule has 2 aromatic heterocycles. The van der Waals surface area contributed by atoms with Crippen molar-refractivity contribution in [3.8, 4) is 22.3 Å². The summed E-state index contributed by atoms with van der Waals surface area (Å²) in [6.45, 7) is 3.10. The SMILES string of the molecule is COC(=O)C[C@H](C(=O)N1C(c2nc3ccc(-c4cc5ccc4CCCc4ccc(c(-c6ccc7nc([C@@H]8C[C@@H]9CCCC[C@@H]9N8C(=O)[C@@H](NC(=O)OC)[C@@H](C)O)[nH]c7c6)c4)CCC5)cc3[nH]2)C[C@@H]2CCCC[C@@H]21)[C@@H](C)O. The van der Waals surface area contributed by atoms with Crippen molar-refractivity contribution in [3.63, 3.8) is 0 Å². The van der Waals surface area contributed by atoms with Gasteiger partial charge in [0.15, 0.2) is 0 Å². The molecule has 76 heavy (non-hydrogen) atoms. The van der Waals surface area contributed by atoms with Gasteiger partial charge in [-0.1, -0.05) is 74.2 Å². The van der Waals surface area contributed by atoms with Gasteiger partial charge in [0.1, 0.15) is 17.7 Å². The molecule has 1 unspecified atom stereocenters. The van der Waals surface area contributed by atoms with Crippen LogP contribution in [-0.4, -0.2) is 108 Å². The number of aryl methyl sites for hydroxylation is 4. The second-order valence-electron chi connectivity index (χ2n) is 22.6. The zero-order valence-corrected chi connectivity index (χ0v) is 44.4. The highest BCUT2D eigenvalue weighted by molar-refractivity contribution is 5.89. The monoisotopic (exact) mass is 1030 g/mol. The fourth-order valence-electron chi connectivity index (χ4n) is 13.9. The number of hydrogen-bond donors (Lipinski definition) is 5. The Bertz CT molecular complexity index is 2940. The Morgan fingerprint density at radius 3 is 1.59 bits per heavy atom. The number of aromatic amines is 2. The second-order valence-corrected chi connectivity index (χ2v) is 22.6. The van der Waals surface area contributed by atoms with Gasteiger partial charge in [0.25, 0.3) is 0 Å². The second kappa shape index (κ2) is 21.8. The standard InChI is InChI=1S/C61H73N7O8/c1-34(69)44(33-55(71)75-3)59(72)67-51-17-7-5-13-42(51)31-53(67)57-62-47-25-23-40(29-49(47)64-57)45-27-36-11-10-16-39-22-20-37(12-9-15-38(45)21-19-36)28-46(39)41-24-26-48-50(30-41)65-58(63-48)54-32-43-14-6-8-18-52(43)68(54)60(73)56(35(2)70)66-61(74)76-4/h19-30,34-35,42-44,51-54,56,69-70H,5-18,31-33H2,1-4H3,(H,62,64)(H,63,65)(H,66,74)/t34-,35-,42+,43+,44+,51+,52+,53?,54+,56+/m1/s1. The Kier molecular flexibility index (Phi) is 14.8. The van der Waals surface area contributed by atoms with Crippen molar-refractivity contribution >= 4 is 45.9 Å². The van der Waals surface area contributed by atoms with E-state index >= 15 is 0 Å². The lowest BCUT2D eigenvalue weighted by molar-refractivity contribution is -0.151. The molecule has 14 rings (SSSR count). The van der Waals surface area contributed by atoms with Crippen molar-refractivity contribution < 1.29 is 38.9 Å². The first-order valence-corrected chi connectivity index (χ1v) is 28.0. The third kappa shape index (κ3) is 10.1. The average molecular weight is 1030 g/mol. The van der Waals surface area contributed by atoms with Gasteiger partial charge < -0.3 is 44.8 Å². The number of carbonyl (C=O) groups is 4. The maximum atomic E-state index is 14.4. The molecule has 4 heterocycles. The van der Waals surface area contributed by atoms with Crippen molar-refractivity contribution in [1.29, 1.82) is 0 Å². The topological polar surface area (TPSA) is 203 Å². The smallest absolute Gasteiger partial charge is 0.407 e. The minimum absolute atomic E-state index is 0.00403. The lowest BCUT2D eigenvalue weighted by atomic mass is 9.84. The van der Waals surface area contributed by atoms with Crippen LogP contribution in [0.25, 0.3) is 44.3 Å². The van der Waals surface area contributed by atoms with E-state index in [1.807, 2.05) is 9.80 Å². The summed E-state index contributed by atoms with van der Waals surface area (Å²) in [6.07, 6.45) is 12.2. The van der Waals surface area contributed by atoms with Gasteiger partial charge in [0.2, 0.25) is 11.8 Å². The highest BCUT2D eigenvalue weighted by Crippen LogP contribution is 2.49. The fourth-order valence-corrected chi connectivity index (χ4v) is 13.9. The van der Waals surface area contributed by atoms with Crippen LogP contribution in [0, 0.1) is 17.8 Å². The molecule has 2 saturated heterocycles. The molecule has 5 N–H and O–H groups in total. The highest BCUT2D eigenvalue weighted by Gasteiger charge is 2.50. The number of methoxy groups -OCH3 is 2. The third-order valence-corrected chi connectivity index (χ3v) is 17.8. The summed E-state index contributed by atoms with van der Waals surface area (Å²) in [5.74, 6) is 0.207. The molecule has 0 spiro atoms. The van der Waals surface area contributed by atoms with E-state index in [9.17, 15) is 29.4 Å². The first kappa shape index (κ1) is 51.5. The number of hydrogen-bond acceptors (Lipinski definition) is 10. The number of aliphatic hydroxyl groups is 2. The minimum atomic E-state index is -1.14. The van der Waals surface area contributed by atoms with Crippen LogP contribution in [0.3, 0.4) is 0 Å². The molecule has 4 bridgehead atoms. The Labute approximate surface area is 444 Å². The maximum Gasteiger partial charge on any atom is 0.407 e. The molecule has 0 radical (unpaired) electrons. The molecule has 2 aliphatic heterocycles. The number of H-pyrrole nitrogens is 2. The van der Waals surface area contributed by atoms with Crippen LogP contribution in [0.15, 0.2) is 72.8 Å². The fraction of sp³-hybridized carbons (Fsp3) is 0.508. The molecule has 4 aromatic carbocycles. The van der Waals surface area contributed by atoms with Crippen LogP contribution in [0.5, 0.6) is 0 Å². The number of amides is 3. The van der Waals surface area contributed by atoms with E-state index in [0.29, 0.717) is 11.8 Å². The molecule has 400 valence electrons. The number of ether oxygens (including phenoxy) is 2. The number of imidazole rings is 2. The number of nitrogens with one attached hydrogen (secondary N) is 3. The van der Waals surface area contributed by atoms with Crippen LogP contribution in [-0.2, 0) is 49.5 Å². The number of aromatic nitrogens is 4. The molecule has 8 aliphatic rings. The summed E-state index contributed by atoms with van der Waals surface area (Å²) in [5.41, 5.74) is 13.4. The summed E-state index contributed by atoms with van der Waals surface area (Å²) < 4.78 is 9.76. The van der Waals surface area contributed by atoms with Gasteiger partial charge in [-0.05, 0) is 172 Å². The van der Waals surface area contributed by atoms with Crippen molar-refractivity contribution in [2.24, 2.45) is 17.8 Å². The Morgan fingerprint density at radius 1 is 0.618 bits per heavy atom. The van der Waals surface area contributed by atoms with Crippen LogP contribution in [0.1, 0.15) is 143 Å². The van der Waals surface area contributed by atoms with E-state index < -0.39 is 36.2 Å². The van der Waals surface area contributed by atoms with Crippen molar-refractivity contribution in [1.82, 2.24) is 35.1 Å². The minimum Gasteiger partial charge on any atom is -0.469 e. The molecular weight excluding hydrogens is 959 g/mol. The Balaban J connectivity index is 0.833. The summed E-state index contributed by atoms with van der Waals surface area (Å²) >= 11 is 0. The van der Waals surface area contributed by atoms with Gasteiger partial charge in [-0.15, -0.1) is 0 Å². The van der Waals surface area contributed by atoms with Crippen LogP contribution >= 0.6 is 0 Å². The average Bonchev–Trinajstić information content (AvgIpc) is 4.24. The molecule has 15 nitrogen and oxygen atoms in total. The predicted octanol–water partition coefficient (Wildman–Crippen LogP) is 9.77. The molecule has 4 fully saturated rings. The van der Waals surface area contributed by atoms with Gasteiger partial charge >= 0.3 is 12.1 Å². The van der Waals surface area contributed by atoms with Gasteiger partial charge in [0.05, 0.1) is 72.9 Å². The lowest BCUT2D eigenvalue weighted by Crippen LogP contribution is -2.55. The molecule has 10 atom stereocenters. The number of rotatable bonds is 11. The zero-order chi connectivity index (χ0) is 52.8. The van der Waals surface area contributed by atoms with E-state index in [0.717, 1.165) is 148 Å². The quantitative estimate of drug-likeness (QED) is 0.0778. The third-order valence-electron chi connectivity index (χ3n) is 17.8. The summed E-state index contributed by atoms with van der Waals surface area (Å²) in [7, 11) is 2.56. The van der Waals surface area contributed by atoms with Crippen molar-refractivity contribution in [3.05, 3.63) is 107 Å². The van der Waals surface area contributed by atoms with Gasteiger partial charge in [-0.25, -0.2) is 14.8 Å². The number of aliphatic hydroxyl groups excluding tert-OH is 2. The molecular formula is C61H73N7O8.